The summed E-state index contributed by atoms with van der Waals surface area (Å²) in [5.41, 5.74) is 6.61. The fourth-order valence-electron chi connectivity index (χ4n) is 5.13. The number of rotatable bonds is 7. The average Bonchev–Trinajstić information content (AvgIpc) is 3.63. The molecule has 3 heterocycles. The maximum absolute atomic E-state index is 11.6. The molecule has 2 aromatic heterocycles. The van der Waals surface area contributed by atoms with Crippen molar-refractivity contribution in [3.63, 3.8) is 0 Å². The van der Waals surface area contributed by atoms with Gasteiger partial charge in [-0.3, -0.25) is 9.69 Å². The van der Waals surface area contributed by atoms with Crippen LogP contribution in [0.15, 0.2) is 83.4 Å². The van der Waals surface area contributed by atoms with Crippen molar-refractivity contribution in [2.45, 2.75) is 33.0 Å². The molecule has 1 aliphatic heterocycles. The molecule has 1 atom stereocenters. The number of para-hydroxylation sites is 2. The summed E-state index contributed by atoms with van der Waals surface area (Å²) in [7, 11) is 0. The van der Waals surface area contributed by atoms with E-state index in [1.807, 2.05) is 66.1 Å². The molecule has 0 radical (unpaired) electrons. The molecule has 8 nitrogen and oxygen atoms in total. The Morgan fingerprint density at radius 1 is 0.952 bits per heavy atom. The van der Waals surface area contributed by atoms with E-state index in [2.05, 4.69) is 46.2 Å². The number of hydrogen-bond acceptors (Lipinski definition) is 7. The fraction of sp³-hybridized carbons (Fsp3) is 0.265. The van der Waals surface area contributed by atoms with Gasteiger partial charge in [-0.2, -0.15) is 0 Å². The molecule has 5 aromatic rings. The third-order valence-electron chi connectivity index (χ3n) is 7.25. The second-order valence-corrected chi connectivity index (χ2v) is 10.4. The molecule has 212 valence electrons. The number of esters is 1. The van der Waals surface area contributed by atoms with Crippen LogP contribution in [-0.4, -0.2) is 51.9 Å². The minimum Gasteiger partial charge on any atom is -0.455 e. The lowest BCUT2D eigenvalue weighted by atomic mass is 10.1. The van der Waals surface area contributed by atoms with Gasteiger partial charge in [0.25, 0.3) is 0 Å². The number of benzene rings is 3. The highest BCUT2D eigenvalue weighted by Gasteiger charge is 2.20. The zero-order valence-corrected chi connectivity index (χ0v) is 23.7. The fourth-order valence-corrected chi connectivity index (χ4v) is 5.13. The largest absolute Gasteiger partial charge is 0.455 e. The molecular formula is C34H32N4O4. The summed E-state index contributed by atoms with van der Waals surface area (Å²) in [4.78, 5) is 18.7. The van der Waals surface area contributed by atoms with E-state index in [4.69, 9.17) is 19.0 Å². The van der Waals surface area contributed by atoms with Gasteiger partial charge in [0.2, 0.25) is 0 Å². The molecule has 0 aliphatic carbocycles. The SMILES string of the molecule is CC(=O)O[C@@H](C)c1nc2ccccc2n1Cc1cc(-c2ccc(C#Cc3ccc(CN4CCOCC4)cc3)cc2)on1. The van der Waals surface area contributed by atoms with Gasteiger partial charge in [-0.05, 0) is 61.0 Å². The normalized spacial score (nSPS) is 14.3. The van der Waals surface area contributed by atoms with Crippen LogP contribution in [0.25, 0.3) is 22.4 Å². The van der Waals surface area contributed by atoms with Gasteiger partial charge in [0.15, 0.2) is 17.7 Å². The minimum atomic E-state index is -0.497. The van der Waals surface area contributed by atoms with Gasteiger partial charge in [0, 0.05) is 49.3 Å². The second kappa shape index (κ2) is 12.4. The molecule has 6 rings (SSSR count). The molecule has 0 spiro atoms. The number of carbonyl (C=O) groups excluding carboxylic acids is 1. The Balaban J connectivity index is 1.13. The first-order valence-electron chi connectivity index (χ1n) is 14.1. The van der Waals surface area contributed by atoms with Crippen LogP contribution < -0.4 is 0 Å². The molecule has 1 fully saturated rings. The number of ether oxygens (including phenoxy) is 2. The van der Waals surface area contributed by atoms with Crippen LogP contribution in [0.1, 0.15) is 48.2 Å². The molecular weight excluding hydrogens is 528 g/mol. The smallest absolute Gasteiger partial charge is 0.303 e. The van der Waals surface area contributed by atoms with Gasteiger partial charge in [0.1, 0.15) is 5.69 Å². The number of aromatic nitrogens is 3. The standard InChI is InChI=1S/C34H32N4O4/c1-24(41-25(2)39)34-35-31-5-3-4-6-32(31)38(34)23-30-21-33(42-36-30)29-15-13-27(14-16-29)8-7-26-9-11-28(12-10-26)22-37-17-19-40-20-18-37/h3-6,9-16,21,24H,17-20,22-23H2,1-2H3/t24-/m0/s1. The number of carbonyl (C=O) groups is 1. The van der Waals surface area contributed by atoms with Crippen LogP contribution >= 0.6 is 0 Å². The number of morpholine rings is 1. The van der Waals surface area contributed by atoms with Gasteiger partial charge in [-0.1, -0.05) is 41.3 Å². The van der Waals surface area contributed by atoms with Crippen LogP contribution in [0, 0.1) is 11.8 Å². The van der Waals surface area contributed by atoms with Gasteiger partial charge >= 0.3 is 5.97 Å². The average molecular weight is 561 g/mol. The second-order valence-electron chi connectivity index (χ2n) is 10.4. The van der Waals surface area contributed by atoms with E-state index >= 15 is 0 Å². The first-order valence-corrected chi connectivity index (χ1v) is 14.1. The van der Waals surface area contributed by atoms with Gasteiger partial charge in [-0.15, -0.1) is 0 Å². The van der Waals surface area contributed by atoms with E-state index in [1.54, 1.807) is 0 Å². The molecule has 0 saturated carbocycles. The summed E-state index contributed by atoms with van der Waals surface area (Å²) in [6.07, 6.45) is -0.497. The van der Waals surface area contributed by atoms with Crippen molar-refractivity contribution in [2.24, 2.45) is 0 Å². The summed E-state index contributed by atoms with van der Waals surface area (Å²) in [5, 5.41) is 4.31. The highest BCUT2D eigenvalue weighted by molar-refractivity contribution is 5.76. The molecule has 0 unspecified atom stereocenters. The first kappa shape index (κ1) is 27.5. The lowest BCUT2D eigenvalue weighted by Gasteiger charge is -2.26. The van der Waals surface area contributed by atoms with Crippen LogP contribution in [-0.2, 0) is 27.4 Å². The lowest BCUT2D eigenvalue weighted by molar-refractivity contribution is -0.146. The van der Waals surface area contributed by atoms with Crippen LogP contribution in [0.2, 0.25) is 0 Å². The number of imidazole rings is 1. The maximum atomic E-state index is 11.6. The van der Waals surface area contributed by atoms with Crippen molar-refractivity contribution in [1.82, 2.24) is 19.6 Å². The first-order chi connectivity index (χ1) is 20.5. The van der Waals surface area contributed by atoms with Crippen molar-refractivity contribution in [1.29, 1.82) is 0 Å². The Kier molecular flexibility index (Phi) is 8.13. The van der Waals surface area contributed by atoms with Crippen molar-refractivity contribution < 1.29 is 18.8 Å². The third kappa shape index (κ3) is 6.44. The van der Waals surface area contributed by atoms with Crippen LogP contribution in [0.5, 0.6) is 0 Å². The summed E-state index contributed by atoms with van der Waals surface area (Å²) < 4.78 is 18.6. The summed E-state index contributed by atoms with van der Waals surface area (Å²) >= 11 is 0. The Labute approximate surface area is 244 Å². The topological polar surface area (TPSA) is 82.6 Å². The predicted octanol–water partition coefficient (Wildman–Crippen LogP) is 5.60. The molecule has 42 heavy (non-hydrogen) atoms. The highest BCUT2D eigenvalue weighted by atomic mass is 16.5. The highest BCUT2D eigenvalue weighted by Crippen LogP contribution is 2.26. The molecule has 0 N–H and O–H groups in total. The summed E-state index contributed by atoms with van der Waals surface area (Å²) in [6, 6.07) is 26.2. The number of hydrogen-bond donors (Lipinski definition) is 0. The third-order valence-corrected chi connectivity index (χ3v) is 7.25. The van der Waals surface area contributed by atoms with E-state index in [1.165, 1.54) is 12.5 Å². The van der Waals surface area contributed by atoms with Crippen molar-refractivity contribution in [2.75, 3.05) is 26.3 Å². The quantitative estimate of drug-likeness (QED) is 0.189. The lowest BCUT2D eigenvalue weighted by Crippen LogP contribution is -2.35. The van der Waals surface area contributed by atoms with Gasteiger partial charge in [-0.25, -0.2) is 4.98 Å². The van der Waals surface area contributed by atoms with E-state index in [0.29, 0.717) is 18.1 Å². The predicted molar refractivity (Wildman–Crippen MR) is 159 cm³/mol. The summed E-state index contributed by atoms with van der Waals surface area (Å²) in [6.45, 7) is 8.16. The molecule has 1 aliphatic rings. The zero-order valence-electron chi connectivity index (χ0n) is 23.7. The van der Waals surface area contributed by atoms with Crippen molar-refractivity contribution in [3.8, 4) is 23.2 Å². The van der Waals surface area contributed by atoms with Crippen molar-refractivity contribution in [3.05, 3.63) is 107 Å². The van der Waals surface area contributed by atoms with Crippen LogP contribution in [0.3, 0.4) is 0 Å². The van der Waals surface area contributed by atoms with E-state index < -0.39 is 6.10 Å². The molecule has 0 bridgehead atoms. The number of nitrogens with zero attached hydrogens (tertiary/aromatic N) is 4. The minimum absolute atomic E-state index is 0.352. The molecule has 8 heteroatoms. The van der Waals surface area contributed by atoms with Crippen molar-refractivity contribution >= 4 is 17.0 Å². The van der Waals surface area contributed by atoms with E-state index in [0.717, 1.165) is 66.3 Å². The van der Waals surface area contributed by atoms with E-state index in [9.17, 15) is 4.79 Å². The van der Waals surface area contributed by atoms with E-state index in [-0.39, 0.29) is 5.97 Å². The van der Waals surface area contributed by atoms with Crippen LogP contribution in [0.4, 0.5) is 0 Å². The Hall–Kier alpha value is -4.71. The Bertz CT molecular complexity index is 1740. The maximum Gasteiger partial charge on any atom is 0.303 e. The monoisotopic (exact) mass is 560 g/mol. The van der Waals surface area contributed by atoms with Gasteiger partial charge < -0.3 is 18.6 Å². The molecule has 0 amide bonds. The zero-order chi connectivity index (χ0) is 28.9. The number of fused-ring (bicyclic) bond motifs is 1. The summed E-state index contributed by atoms with van der Waals surface area (Å²) in [5.74, 6) is 7.49. The molecule has 1 saturated heterocycles. The Morgan fingerprint density at radius 3 is 2.36 bits per heavy atom. The van der Waals surface area contributed by atoms with Gasteiger partial charge in [0.05, 0.1) is 30.8 Å². The Morgan fingerprint density at radius 2 is 1.64 bits per heavy atom. The molecule has 3 aromatic carbocycles.